The number of carbonyl (C=O) groups is 1. The highest BCUT2D eigenvalue weighted by Gasteiger charge is 2.25. The van der Waals surface area contributed by atoms with Crippen LogP contribution in [0.3, 0.4) is 0 Å². The lowest BCUT2D eigenvalue weighted by Crippen LogP contribution is -2.48. The molecule has 1 saturated heterocycles. The molecule has 5 rings (SSSR count). The average molecular weight is 406 g/mol. The van der Waals surface area contributed by atoms with Crippen molar-refractivity contribution in [3.05, 3.63) is 42.0 Å². The molecule has 3 heterocycles. The molecule has 1 aliphatic carbocycles. The molecule has 8 nitrogen and oxygen atoms in total. The van der Waals surface area contributed by atoms with Gasteiger partial charge in [0.1, 0.15) is 6.33 Å². The third-order valence-corrected chi connectivity index (χ3v) is 6.00. The highest BCUT2D eigenvalue weighted by atomic mass is 16.5. The van der Waals surface area contributed by atoms with Gasteiger partial charge in [0.2, 0.25) is 5.88 Å². The van der Waals surface area contributed by atoms with Crippen LogP contribution in [0.4, 0.5) is 5.69 Å². The number of nitrogens with zero attached hydrogens (tertiary/aromatic N) is 6. The van der Waals surface area contributed by atoms with E-state index in [1.807, 2.05) is 31.0 Å². The van der Waals surface area contributed by atoms with E-state index in [2.05, 4.69) is 32.1 Å². The number of piperazine rings is 1. The summed E-state index contributed by atoms with van der Waals surface area (Å²) in [6.07, 6.45) is 4.05. The Labute approximate surface area is 175 Å². The molecule has 3 aromatic rings. The third-order valence-electron chi connectivity index (χ3n) is 6.00. The largest absolute Gasteiger partial charge is 0.477 e. The molecule has 2 fully saturated rings. The first-order valence-corrected chi connectivity index (χ1v) is 10.5. The van der Waals surface area contributed by atoms with E-state index in [4.69, 9.17) is 4.74 Å². The Morgan fingerprint density at radius 2 is 1.93 bits per heavy atom. The van der Waals surface area contributed by atoms with Gasteiger partial charge in [-0.2, -0.15) is 5.10 Å². The van der Waals surface area contributed by atoms with Crippen LogP contribution in [0.2, 0.25) is 0 Å². The molecule has 156 valence electrons. The third kappa shape index (κ3) is 3.69. The Balaban J connectivity index is 1.29. The van der Waals surface area contributed by atoms with Gasteiger partial charge in [0.15, 0.2) is 5.69 Å². The Bertz CT molecular complexity index is 1060. The lowest BCUT2D eigenvalue weighted by Gasteiger charge is -2.36. The number of ether oxygens (including phenoxy) is 1. The van der Waals surface area contributed by atoms with Crippen LogP contribution >= 0.6 is 0 Å². The predicted molar refractivity (Wildman–Crippen MR) is 114 cm³/mol. The molecule has 0 N–H and O–H groups in total. The Morgan fingerprint density at radius 1 is 1.13 bits per heavy atom. The van der Waals surface area contributed by atoms with Gasteiger partial charge in [-0.1, -0.05) is 0 Å². The number of fused-ring (bicyclic) bond motifs is 1. The molecule has 1 saturated carbocycles. The average Bonchev–Trinajstić information content (AvgIpc) is 3.55. The van der Waals surface area contributed by atoms with Gasteiger partial charge >= 0.3 is 0 Å². The van der Waals surface area contributed by atoms with Crippen molar-refractivity contribution in [2.75, 3.05) is 37.7 Å². The highest BCUT2D eigenvalue weighted by Crippen LogP contribution is 2.32. The zero-order valence-corrected chi connectivity index (χ0v) is 17.4. The topological polar surface area (TPSA) is 76.4 Å². The lowest BCUT2D eigenvalue weighted by atomic mass is 10.1. The fourth-order valence-corrected chi connectivity index (χ4v) is 3.81. The number of hydrogen-bond donors (Lipinski definition) is 0. The standard InChI is InChI=1S/C22H26N6O2/c1-15-11-20(25-26(15)2)22(29)28-9-7-27(8-10-28)17-5-6-19-18(12-17)21(24-14-23-19)30-13-16-3-4-16/h5-6,11-12,14,16H,3-4,7-10,13H2,1-2H3. The van der Waals surface area contributed by atoms with Crippen LogP contribution in [0, 0.1) is 12.8 Å². The summed E-state index contributed by atoms with van der Waals surface area (Å²) in [4.78, 5) is 25.7. The summed E-state index contributed by atoms with van der Waals surface area (Å²) in [6.45, 7) is 5.56. The molecule has 30 heavy (non-hydrogen) atoms. The summed E-state index contributed by atoms with van der Waals surface area (Å²) in [6, 6.07) is 8.06. The number of rotatable bonds is 5. The first-order chi connectivity index (χ1) is 14.6. The van der Waals surface area contributed by atoms with E-state index in [9.17, 15) is 4.79 Å². The van der Waals surface area contributed by atoms with Gasteiger partial charge in [0.05, 0.1) is 17.5 Å². The molecule has 1 aromatic carbocycles. The van der Waals surface area contributed by atoms with E-state index in [-0.39, 0.29) is 5.91 Å². The number of anilines is 1. The zero-order valence-electron chi connectivity index (χ0n) is 17.4. The molecule has 8 heteroatoms. The summed E-state index contributed by atoms with van der Waals surface area (Å²) < 4.78 is 7.70. The molecule has 2 aliphatic rings. The molecule has 2 aromatic heterocycles. The maximum atomic E-state index is 12.8. The van der Waals surface area contributed by atoms with E-state index < -0.39 is 0 Å². The fourth-order valence-electron chi connectivity index (χ4n) is 3.81. The minimum Gasteiger partial charge on any atom is -0.477 e. The minimum atomic E-state index is 0.000948. The van der Waals surface area contributed by atoms with Crippen molar-refractivity contribution in [3.63, 3.8) is 0 Å². The zero-order chi connectivity index (χ0) is 20.7. The fraction of sp³-hybridized carbons (Fsp3) is 0.455. The SMILES string of the molecule is Cc1cc(C(=O)N2CCN(c3ccc4ncnc(OCC5CC5)c4c3)CC2)nn1C. The smallest absolute Gasteiger partial charge is 0.274 e. The van der Waals surface area contributed by atoms with Crippen LogP contribution in [0.25, 0.3) is 10.9 Å². The van der Waals surface area contributed by atoms with Gasteiger partial charge in [-0.3, -0.25) is 9.48 Å². The van der Waals surface area contributed by atoms with Gasteiger partial charge in [-0.25, -0.2) is 9.97 Å². The van der Waals surface area contributed by atoms with Crippen molar-refractivity contribution >= 4 is 22.5 Å². The monoisotopic (exact) mass is 406 g/mol. The molecule has 1 amide bonds. The molecular weight excluding hydrogens is 380 g/mol. The van der Waals surface area contributed by atoms with E-state index in [0.29, 0.717) is 30.6 Å². The van der Waals surface area contributed by atoms with Gasteiger partial charge in [0.25, 0.3) is 5.91 Å². The molecule has 0 radical (unpaired) electrons. The Hall–Kier alpha value is -3.16. The van der Waals surface area contributed by atoms with Crippen LogP contribution in [-0.2, 0) is 7.05 Å². The lowest BCUT2D eigenvalue weighted by molar-refractivity contribution is 0.0740. The molecular formula is C22H26N6O2. The van der Waals surface area contributed by atoms with E-state index in [0.717, 1.165) is 42.0 Å². The first-order valence-electron chi connectivity index (χ1n) is 10.5. The molecule has 0 atom stereocenters. The second-order valence-electron chi connectivity index (χ2n) is 8.21. The number of amides is 1. The van der Waals surface area contributed by atoms with E-state index >= 15 is 0 Å². The molecule has 1 aliphatic heterocycles. The van der Waals surface area contributed by atoms with Crippen molar-refractivity contribution in [2.24, 2.45) is 13.0 Å². The van der Waals surface area contributed by atoms with Crippen LogP contribution in [0.5, 0.6) is 5.88 Å². The van der Waals surface area contributed by atoms with Crippen molar-refractivity contribution in [1.29, 1.82) is 0 Å². The Morgan fingerprint density at radius 3 is 2.63 bits per heavy atom. The van der Waals surface area contributed by atoms with Gasteiger partial charge in [-0.05, 0) is 49.9 Å². The minimum absolute atomic E-state index is 0.000948. The quantitative estimate of drug-likeness (QED) is 0.648. The van der Waals surface area contributed by atoms with Gasteiger partial charge in [0, 0.05) is 44.6 Å². The predicted octanol–water partition coefficient (Wildman–Crippen LogP) is 2.42. The van der Waals surface area contributed by atoms with Crippen LogP contribution in [-0.4, -0.2) is 63.3 Å². The summed E-state index contributed by atoms with van der Waals surface area (Å²) in [5.74, 6) is 1.33. The van der Waals surface area contributed by atoms with Gasteiger partial charge < -0.3 is 14.5 Å². The molecule has 0 unspecified atom stereocenters. The highest BCUT2D eigenvalue weighted by molar-refractivity contribution is 5.92. The Kier molecular flexibility index (Phi) is 4.77. The van der Waals surface area contributed by atoms with Crippen molar-refractivity contribution in [1.82, 2.24) is 24.6 Å². The van der Waals surface area contributed by atoms with E-state index in [1.54, 1.807) is 11.0 Å². The van der Waals surface area contributed by atoms with Crippen molar-refractivity contribution in [2.45, 2.75) is 19.8 Å². The number of carbonyl (C=O) groups excluding carboxylic acids is 1. The van der Waals surface area contributed by atoms with Gasteiger partial charge in [-0.15, -0.1) is 0 Å². The second kappa shape index (κ2) is 7.59. The van der Waals surface area contributed by atoms with Crippen LogP contribution in [0.1, 0.15) is 29.0 Å². The van der Waals surface area contributed by atoms with E-state index in [1.165, 1.54) is 12.8 Å². The maximum Gasteiger partial charge on any atom is 0.274 e. The van der Waals surface area contributed by atoms with Crippen molar-refractivity contribution < 1.29 is 9.53 Å². The molecule has 0 spiro atoms. The normalized spacial score (nSPS) is 16.9. The number of aryl methyl sites for hydroxylation is 2. The number of hydrogen-bond acceptors (Lipinski definition) is 6. The maximum absolute atomic E-state index is 12.8. The first kappa shape index (κ1) is 18.8. The molecule has 0 bridgehead atoms. The van der Waals surface area contributed by atoms with Crippen LogP contribution < -0.4 is 9.64 Å². The van der Waals surface area contributed by atoms with Crippen LogP contribution in [0.15, 0.2) is 30.6 Å². The summed E-state index contributed by atoms with van der Waals surface area (Å²) in [7, 11) is 1.86. The summed E-state index contributed by atoms with van der Waals surface area (Å²) in [5, 5.41) is 5.27. The second-order valence-corrected chi connectivity index (χ2v) is 8.21. The van der Waals surface area contributed by atoms with Crippen molar-refractivity contribution in [3.8, 4) is 5.88 Å². The number of aromatic nitrogens is 4. The summed E-state index contributed by atoms with van der Waals surface area (Å²) >= 11 is 0. The summed E-state index contributed by atoms with van der Waals surface area (Å²) in [5.41, 5.74) is 3.49. The number of benzene rings is 1.